The van der Waals surface area contributed by atoms with Crippen LogP contribution in [0.2, 0.25) is 0 Å². The molecule has 0 aromatic heterocycles. The normalized spacial score (nSPS) is 12.1. The molecule has 0 aromatic rings. The first-order valence-corrected chi connectivity index (χ1v) is 14.4. The van der Waals surface area contributed by atoms with Crippen molar-refractivity contribution >= 4 is 11.9 Å². The van der Waals surface area contributed by atoms with Crippen molar-refractivity contribution in [3.8, 4) is 0 Å². The first-order chi connectivity index (χ1) is 17.5. The zero-order valence-electron chi connectivity index (χ0n) is 24.9. The molecule has 0 radical (unpaired) electrons. The Balaban J connectivity index is 3.24. The van der Waals surface area contributed by atoms with E-state index in [1.54, 1.807) is 0 Å². The molecule has 0 atom stereocenters. The fourth-order valence-electron chi connectivity index (χ4n) is 3.30. The second-order valence-corrected chi connectivity index (χ2v) is 12.1. The number of carbonyl (C=O) groups excluding carboxylic acids is 2. The molecule has 0 saturated heterocycles. The van der Waals surface area contributed by atoms with Gasteiger partial charge in [-0.3, -0.25) is 9.59 Å². The Bertz CT molecular complexity index is 558. The van der Waals surface area contributed by atoms with E-state index >= 15 is 0 Å². The molecule has 0 saturated carbocycles. The average molecular weight is 531 g/mol. The van der Waals surface area contributed by atoms with Crippen molar-refractivity contribution < 1.29 is 28.5 Å². The molecule has 8 heteroatoms. The van der Waals surface area contributed by atoms with E-state index in [2.05, 4.69) is 52.2 Å². The van der Waals surface area contributed by atoms with Crippen molar-refractivity contribution in [3.05, 3.63) is 0 Å². The molecule has 0 heterocycles. The van der Waals surface area contributed by atoms with Gasteiger partial charge in [-0.2, -0.15) is 0 Å². The summed E-state index contributed by atoms with van der Waals surface area (Å²) in [7, 11) is 0. The molecular weight excluding hydrogens is 472 g/mol. The van der Waals surface area contributed by atoms with Crippen LogP contribution in [0, 0.1) is 10.8 Å². The summed E-state index contributed by atoms with van der Waals surface area (Å²) in [4.78, 5) is 23.4. The molecule has 0 aliphatic carbocycles. The molecule has 0 fully saturated rings. The lowest BCUT2D eigenvalue weighted by Gasteiger charge is -2.17. The summed E-state index contributed by atoms with van der Waals surface area (Å²) in [6.45, 7) is 19.9. The highest BCUT2D eigenvalue weighted by Gasteiger charge is 2.12. The highest BCUT2D eigenvalue weighted by atomic mass is 16.5. The van der Waals surface area contributed by atoms with Gasteiger partial charge in [0.2, 0.25) is 0 Å². The van der Waals surface area contributed by atoms with Gasteiger partial charge in [0.05, 0.1) is 39.6 Å². The maximum atomic E-state index is 11.7. The molecule has 0 aromatic carbocycles. The van der Waals surface area contributed by atoms with Gasteiger partial charge in [0.15, 0.2) is 0 Å². The van der Waals surface area contributed by atoms with Crippen LogP contribution in [0.15, 0.2) is 0 Å². The van der Waals surface area contributed by atoms with Crippen molar-refractivity contribution in [2.45, 2.75) is 99.3 Å². The van der Waals surface area contributed by atoms with Crippen LogP contribution in [-0.2, 0) is 28.5 Å². The smallest absolute Gasteiger partial charge is 0.305 e. The molecule has 0 amide bonds. The predicted octanol–water partition coefficient (Wildman–Crippen LogP) is 4.89. The number of ether oxygens (including phenoxy) is 4. The van der Waals surface area contributed by atoms with Crippen molar-refractivity contribution in [3.63, 3.8) is 0 Å². The molecule has 220 valence electrons. The third-order valence-electron chi connectivity index (χ3n) is 5.64. The van der Waals surface area contributed by atoms with Crippen LogP contribution in [0.25, 0.3) is 0 Å². The Morgan fingerprint density at radius 3 is 1.43 bits per heavy atom. The molecule has 0 spiro atoms. The number of rotatable bonds is 24. The van der Waals surface area contributed by atoms with E-state index in [1.165, 1.54) is 0 Å². The summed E-state index contributed by atoms with van der Waals surface area (Å²) in [5.41, 5.74) is 0.487. The quantitative estimate of drug-likeness (QED) is 0.135. The van der Waals surface area contributed by atoms with Crippen LogP contribution in [0.5, 0.6) is 0 Å². The highest BCUT2D eigenvalue weighted by molar-refractivity contribution is 5.69. The molecule has 0 unspecified atom stereocenters. The Morgan fingerprint density at radius 1 is 0.514 bits per heavy atom. The Hall–Kier alpha value is -1.22. The highest BCUT2D eigenvalue weighted by Crippen LogP contribution is 2.20. The Labute approximate surface area is 227 Å². The number of esters is 2. The van der Waals surface area contributed by atoms with Gasteiger partial charge < -0.3 is 29.6 Å². The van der Waals surface area contributed by atoms with Crippen LogP contribution >= 0.6 is 0 Å². The third kappa shape index (κ3) is 30.9. The predicted molar refractivity (Wildman–Crippen MR) is 150 cm³/mol. The molecular formula is C29H58N2O6. The van der Waals surface area contributed by atoms with E-state index in [4.69, 9.17) is 18.9 Å². The van der Waals surface area contributed by atoms with E-state index in [9.17, 15) is 9.59 Å². The maximum Gasteiger partial charge on any atom is 0.305 e. The summed E-state index contributed by atoms with van der Waals surface area (Å²) in [5.74, 6) is -0.182. The number of unbranched alkanes of at least 4 members (excludes halogenated alkanes) is 2. The van der Waals surface area contributed by atoms with E-state index in [-0.39, 0.29) is 17.4 Å². The Morgan fingerprint density at radius 2 is 0.973 bits per heavy atom. The minimum absolute atomic E-state index is 0.0866. The number of carbonyl (C=O) groups is 2. The Kier molecular flexibility index (Phi) is 22.0. The summed E-state index contributed by atoms with van der Waals surface area (Å²) in [5, 5.41) is 6.66. The summed E-state index contributed by atoms with van der Waals surface area (Å²) in [6.07, 6.45) is 7.45. The second-order valence-electron chi connectivity index (χ2n) is 12.1. The maximum absolute atomic E-state index is 11.7. The van der Waals surface area contributed by atoms with Gasteiger partial charge >= 0.3 is 11.9 Å². The van der Waals surface area contributed by atoms with E-state index < -0.39 is 0 Å². The number of hydrogen-bond donors (Lipinski definition) is 2. The third-order valence-corrected chi connectivity index (χ3v) is 5.64. The van der Waals surface area contributed by atoms with Gasteiger partial charge in [-0.05, 0) is 68.9 Å². The van der Waals surface area contributed by atoms with Crippen LogP contribution in [0.4, 0.5) is 0 Å². The van der Waals surface area contributed by atoms with Gasteiger partial charge in [0.25, 0.3) is 0 Å². The minimum Gasteiger partial charge on any atom is -0.466 e. The fraction of sp³-hybridized carbons (Fsp3) is 0.931. The number of hydrogen-bond acceptors (Lipinski definition) is 8. The van der Waals surface area contributed by atoms with Gasteiger partial charge in [-0.25, -0.2) is 0 Å². The first kappa shape index (κ1) is 35.8. The van der Waals surface area contributed by atoms with Crippen molar-refractivity contribution in [2.24, 2.45) is 10.8 Å². The van der Waals surface area contributed by atoms with Crippen LogP contribution in [0.3, 0.4) is 0 Å². The summed E-state index contributed by atoms with van der Waals surface area (Å²) in [6, 6.07) is 0. The van der Waals surface area contributed by atoms with E-state index in [0.29, 0.717) is 57.9 Å². The molecule has 37 heavy (non-hydrogen) atoms. The van der Waals surface area contributed by atoms with Crippen LogP contribution in [0.1, 0.15) is 99.3 Å². The van der Waals surface area contributed by atoms with Crippen LogP contribution in [-0.4, -0.2) is 77.8 Å². The van der Waals surface area contributed by atoms with Gasteiger partial charge in [-0.15, -0.1) is 0 Å². The lowest BCUT2D eigenvalue weighted by molar-refractivity contribution is -0.145. The average Bonchev–Trinajstić information content (AvgIpc) is 2.79. The summed E-state index contributed by atoms with van der Waals surface area (Å²) < 4.78 is 21.7. The molecule has 0 bridgehead atoms. The standard InChI is InChI=1S/C29H58N2O6/c1-28(2,3)14-11-20-36-26(32)12-7-9-16-30-18-22-34-24-25-35-23-19-31-17-10-8-13-27(33)37-21-15-29(4,5)6/h30-31H,7-25H2,1-6H3. The second kappa shape index (κ2) is 22.7. The fourth-order valence-corrected chi connectivity index (χ4v) is 3.30. The topological polar surface area (TPSA) is 95.1 Å². The summed E-state index contributed by atoms with van der Waals surface area (Å²) >= 11 is 0. The lowest BCUT2D eigenvalue weighted by Crippen LogP contribution is -2.23. The molecule has 2 N–H and O–H groups in total. The molecule has 8 nitrogen and oxygen atoms in total. The SMILES string of the molecule is CC(C)(C)CCCOC(=O)CCCCNCCOCCOCCNCCCCC(=O)OCCC(C)(C)C. The molecule has 0 aliphatic rings. The van der Waals surface area contributed by atoms with Crippen molar-refractivity contribution in [2.75, 3.05) is 65.8 Å². The van der Waals surface area contributed by atoms with E-state index in [1.807, 2.05) is 0 Å². The lowest BCUT2D eigenvalue weighted by atomic mass is 9.91. The van der Waals surface area contributed by atoms with Crippen molar-refractivity contribution in [1.82, 2.24) is 10.6 Å². The van der Waals surface area contributed by atoms with Gasteiger partial charge in [-0.1, -0.05) is 41.5 Å². The van der Waals surface area contributed by atoms with Crippen LogP contribution < -0.4 is 10.6 Å². The molecule has 0 aliphatic heterocycles. The van der Waals surface area contributed by atoms with Gasteiger partial charge in [0, 0.05) is 25.9 Å². The zero-order chi connectivity index (χ0) is 27.8. The number of nitrogens with one attached hydrogen (secondary N) is 2. The minimum atomic E-state index is -0.0951. The monoisotopic (exact) mass is 530 g/mol. The van der Waals surface area contributed by atoms with E-state index in [0.717, 1.165) is 71.1 Å². The largest absolute Gasteiger partial charge is 0.466 e. The van der Waals surface area contributed by atoms with Gasteiger partial charge in [0.1, 0.15) is 0 Å². The zero-order valence-corrected chi connectivity index (χ0v) is 24.9. The first-order valence-electron chi connectivity index (χ1n) is 14.4. The molecule has 0 rings (SSSR count). The van der Waals surface area contributed by atoms with Crippen molar-refractivity contribution in [1.29, 1.82) is 0 Å².